The minimum Gasteiger partial charge on any atom is -0.481 e. The smallest absolute Gasteiger partial charge is 0.326 e. The molecule has 0 spiro atoms. The van der Waals surface area contributed by atoms with Crippen molar-refractivity contribution in [2.24, 2.45) is 0 Å². The molecule has 1 rings (SSSR count). The normalized spacial score (nSPS) is 13.2. The predicted octanol–water partition coefficient (Wildman–Crippen LogP) is 1.82. The van der Waals surface area contributed by atoms with Crippen molar-refractivity contribution in [2.45, 2.75) is 38.3 Å². The quantitative estimate of drug-likeness (QED) is 0.584. The highest BCUT2D eigenvalue weighted by Gasteiger charge is 2.22. The maximum Gasteiger partial charge on any atom is 0.326 e. The Morgan fingerprint density at radius 1 is 1.29 bits per heavy atom. The van der Waals surface area contributed by atoms with Crippen molar-refractivity contribution in [3.05, 3.63) is 22.4 Å². The first-order valence-electron chi connectivity index (χ1n) is 6.49. The summed E-state index contributed by atoms with van der Waals surface area (Å²) in [6.45, 7) is 1.91. The Morgan fingerprint density at radius 2 is 2.00 bits per heavy atom. The molecule has 4 N–H and O–H groups in total. The van der Waals surface area contributed by atoms with Gasteiger partial charge in [-0.1, -0.05) is 13.0 Å². The summed E-state index contributed by atoms with van der Waals surface area (Å²) in [4.78, 5) is 34.3. The van der Waals surface area contributed by atoms with E-state index in [1.54, 1.807) is 0 Å². The van der Waals surface area contributed by atoms with Gasteiger partial charge in [-0.2, -0.15) is 0 Å². The molecule has 2 amide bonds. The molecule has 0 aliphatic carbocycles. The van der Waals surface area contributed by atoms with Gasteiger partial charge in [0.15, 0.2) is 0 Å². The number of hydrogen-bond acceptors (Lipinski definition) is 4. The summed E-state index contributed by atoms with van der Waals surface area (Å²) in [5, 5.41) is 24.4. The summed E-state index contributed by atoms with van der Waals surface area (Å²) < 4.78 is 0. The van der Waals surface area contributed by atoms with Gasteiger partial charge in [-0.25, -0.2) is 9.59 Å². The van der Waals surface area contributed by atoms with E-state index in [1.807, 2.05) is 24.4 Å². The van der Waals surface area contributed by atoms with Gasteiger partial charge in [-0.15, -0.1) is 11.3 Å². The van der Waals surface area contributed by atoms with Gasteiger partial charge in [0.25, 0.3) is 0 Å². The van der Waals surface area contributed by atoms with E-state index in [0.717, 1.165) is 4.88 Å². The molecule has 0 radical (unpaired) electrons. The van der Waals surface area contributed by atoms with Crippen LogP contribution in [0.5, 0.6) is 0 Å². The van der Waals surface area contributed by atoms with E-state index in [0.29, 0.717) is 6.42 Å². The average molecular weight is 314 g/mol. The van der Waals surface area contributed by atoms with Crippen molar-refractivity contribution in [1.29, 1.82) is 0 Å². The summed E-state index contributed by atoms with van der Waals surface area (Å²) in [6.07, 6.45) is 0.189. The van der Waals surface area contributed by atoms with Crippen molar-refractivity contribution >= 4 is 29.3 Å². The SMILES string of the molecule is CCC(NC(=O)N[C@@H](CCC(=O)O)C(=O)O)c1cccs1. The Balaban J connectivity index is 2.56. The van der Waals surface area contributed by atoms with E-state index < -0.39 is 24.0 Å². The zero-order valence-electron chi connectivity index (χ0n) is 11.5. The fraction of sp³-hybridized carbons (Fsp3) is 0.462. The molecule has 0 fully saturated rings. The van der Waals surface area contributed by atoms with Crippen LogP contribution in [0.4, 0.5) is 4.79 Å². The van der Waals surface area contributed by atoms with Crippen LogP contribution in [0.1, 0.15) is 37.1 Å². The van der Waals surface area contributed by atoms with E-state index in [1.165, 1.54) is 11.3 Å². The highest BCUT2D eigenvalue weighted by molar-refractivity contribution is 7.10. The highest BCUT2D eigenvalue weighted by atomic mass is 32.1. The topological polar surface area (TPSA) is 116 Å². The lowest BCUT2D eigenvalue weighted by molar-refractivity contribution is -0.140. The Kier molecular flexibility index (Phi) is 6.67. The summed E-state index contributed by atoms with van der Waals surface area (Å²) in [5.74, 6) is -2.36. The van der Waals surface area contributed by atoms with Crippen LogP contribution in [0.15, 0.2) is 17.5 Å². The fourth-order valence-electron chi connectivity index (χ4n) is 1.75. The molecule has 1 aromatic heterocycles. The second kappa shape index (κ2) is 8.25. The van der Waals surface area contributed by atoms with Crippen molar-refractivity contribution in [2.75, 3.05) is 0 Å². The second-order valence-electron chi connectivity index (χ2n) is 4.42. The largest absolute Gasteiger partial charge is 0.481 e. The molecule has 2 atom stereocenters. The van der Waals surface area contributed by atoms with E-state index in [2.05, 4.69) is 10.6 Å². The second-order valence-corrected chi connectivity index (χ2v) is 5.40. The first-order valence-corrected chi connectivity index (χ1v) is 7.37. The Hall–Kier alpha value is -2.09. The van der Waals surface area contributed by atoms with Gasteiger partial charge in [0.05, 0.1) is 6.04 Å². The molecule has 1 heterocycles. The summed E-state index contributed by atoms with van der Waals surface area (Å²) in [5.41, 5.74) is 0. The number of urea groups is 1. The molecule has 0 aliphatic rings. The van der Waals surface area contributed by atoms with Crippen molar-refractivity contribution in [1.82, 2.24) is 10.6 Å². The third kappa shape index (κ3) is 5.82. The predicted molar refractivity (Wildman–Crippen MR) is 77.3 cm³/mol. The zero-order valence-corrected chi connectivity index (χ0v) is 12.4. The number of carboxylic acids is 2. The number of rotatable bonds is 8. The lowest BCUT2D eigenvalue weighted by atomic mass is 10.1. The Morgan fingerprint density at radius 3 is 2.48 bits per heavy atom. The van der Waals surface area contributed by atoms with Crippen LogP contribution in [-0.4, -0.2) is 34.2 Å². The molecule has 0 bridgehead atoms. The molecule has 0 saturated heterocycles. The third-order valence-corrected chi connectivity index (χ3v) is 3.84. The number of amides is 2. The van der Waals surface area contributed by atoms with Gasteiger partial charge in [0.2, 0.25) is 0 Å². The van der Waals surface area contributed by atoms with Gasteiger partial charge in [-0.3, -0.25) is 4.79 Å². The van der Waals surface area contributed by atoms with E-state index in [-0.39, 0.29) is 18.9 Å². The van der Waals surface area contributed by atoms with Gasteiger partial charge < -0.3 is 20.8 Å². The standard InChI is InChI=1S/C13H18N2O5S/c1-2-8(10-4-3-7-21-10)14-13(20)15-9(12(18)19)5-6-11(16)17/h3-4,7-9H,2,5-6H2,1H3,(H,16,17)(H,18,19)(H2,14,15,20)/t8?,9-/m0/s1. The molecule has 0 aliphatic heterocycles. The van der Waals surface area contributed by atoms with Crippen LogP contribution in [0.3, 0.4) is 0 Å². The summed E-state index contributed by atoms with van der Waals surface area (Å²) in [7, 11) is 0. The summed E-state index contributed by atoms with van der Waals surface area (Å²) in [6, 6.07) is 1.72. The van der Waals surface area contributed by atoms with E-state index in [4.69, 9.17) is 10.2 Å². The first-order chi connectivity index (χ1) is 9.93. The zero-order chi connectivity index (χ0) is 15.8. The molecular weight excluding hydrogens is 296 g/mol. The van der Waals surface area contributed by atoms with Crippen LogP contribution in [0.25, 0.3) is 0 Å². The summed E-state index contributed by atoms with van der Waals surface area (Å²) >= 11 is 1.50. The molecule has 0 aromatic carbocycles. The monoisotopic (exact) mass is 314 g/mol. The number of thiophene rings is 1. The maximum absolute atomic E-state index is 11.8. The van der Waals surface area contributed by atoms with E-state index in [9.17, 15) is 14.4 Å². The number of hydrogen-bond donors (Lipinski definition) is 4. The lowest BCUT2D eigenvalue weighted by Crippen LogP contribution is -2.47. The maximum atomic E-state index is 11.8. The first kappa shape index (κ1) is 17.0. The highest BCUT2D eigenvalue weighted by Crippen LogP contribution is 2.21. The fourth-order valence-corrected chi connectivity index (χ4v) is 2.61. The van der Waals surface area contributed by atoms with Crippen LogP contribution < -0.4 is 10.6 Å². The average Bonchev–Trinajstić information content (AvgIpc) is 2.94. The number of carbonyl (C=O) groups is 3. The Bertz CT molecular complexity index is 489. The van der Waals surface area contributed by atoms with Crippen LogP contribution >= 0.6 is 11.3 Å². The Labute approximate surface area is 126 Å². The van der Waals surface area contributed by atoms with Crippen molar-refractivity contribution < 1.29 is 24.6 Å². The lowest BCUT2D eigenvalue weighted by Gasteiger charge is -2.19. The van der Waals surface area contributed by atoms with E-state index >= 15 is 0 Å². The van der Waals surface area contributed by atoms with Crippen LogP contribution in [0.2, 0.25) is 0 Å². The number of nitrogens with one attached hydrogen (secondary N) is 2. The van der Waals surface area contributed by atoms with Crippen molar-refractivity contribution in [3.63, 3.8) is 0 Å². The van der Waals surface area contributed by atoms with Crippen LogP contribution in [0, 0.1) is 0 Å². The number of carboxylic acid groups (broad SMARTS) is 2. The molecule has 21 heavy (non-hydrogen) atoms. The van der Waals surface area contributed by atoms with Gasteiger partial charge in [-0.05, 0) is 24.3 Å². The minimum absolute atomic E-state index is 0.159. The molecule has 116 valence electrons. The van der Waals surface area contributed by atoms with Gasteiger partial charge in [0.1, 0.15) is 6.04 Å². The van der Waals surface area contributed by atoms with Gasteiger partial charge in [0, 0.05) is 11.3 Å². The number of aliphatic carboxylic acids is 2. The minimum atomic E-state index is -1.25. The van der Waals surface area contributed by atoms with Crippen molar-refractivity contribution in [3.8, 4) is 0 Å². The molecule has 8 heteroatoms. The number of carbonyl (C=O) groups excluding carboxylic acids is 1. The van der Waals surface area contributed by atoms with Gasteiger partial charge >= 0.3 is 18.0 Å². The third-order valence-electron chi connectivity index (χ3n) is 2.85. The molecule has 0 saturated carbocycles. The molecular formula is C13H18N2O5S. The molecule has 1 unspecified atom stereocenters. The van der Waals surface area contributed by atoms with Crippen LogP contribution in [-0.2, 0) is 9.59 Å². The molecule has 1 aromatic rings. The molecule has 7 nitrogen and oxygen atoms in total.